The zero-order chi connectivity index (χ0) is 21.6. The lowest BCUT2D eigenvalue weighted by Gasteiger charge is -2.09. The van der Waals surface area contributed by atoms with E-state index in [2.05, 4.69) is 15.5 Å². The third-order valence-electron chi connectivity index (χ3n) is 3.86. The van der Waals surface area contributed by atoms with Gasteiger partial charge in [-0.25, -0.2) is 0 Å². The van der Waals surface area contributed by atoms with Crippen LogP contribution in [0.1, 0.15) is 12.5 Å². The lowest BCUT2D eigenvalue weighted by Crippen LogP contribution is -2.29. The van der Waals surface area contributed by atoms with Gasteiger partial charge in [-0.1, -0.05) is 11.8 Å². The van der Waals surface area contributed by atoms with Gasteiger partial charge in [0, 0.05) is 6.20 Å². The Hall–Kier alpha value is -2.95. The largest absolute Gasteiger partial charge is 0.494 e. The van der Waals surface area contributed by atoms with Crippen molar-refractivity contribution in [1.82, 2.24) is 19.9 Å². The summed E-state index contributed by atoms with van der Waals surface area (Å²) in [6, 6.07) is 9.30. The number of carbonyl (C=O) groups excluding carboxylic acids is 1. The van der Waals surface area contributed by atoms with Gasteiger partial charge in [0.25, 0.3) is 0 Å². The van der Waals surface area contributed by atoms with E-state index in [0.29, 0.717) is 12.4 Å². The SMILES string of the molecule is CCOc1ccc(OCCNC(=O)CSc2nnc3ccc(C(F)(F)F)cn23)cc1. The summed E-state index contributed by atoms with van der Waals surface area (Å²) >= 11 is 1.000. The lowest BCUT2D eigenvalue weighted by atomic mass is 10.3. The zero-order valence-electron chi connectivity index (χ0n) is 16.0. The van der Waals surface area contributed by atoms with Crippen LogP contribution in [0.5, 0.6) is 11.5 Å². The highest BCUT2D eigenvalue weighted by Gasteiger charge is 2.31. The van der Waals surface area contributed by atoms with Crippen molar-refractivity contribution in [3.63, 3.8) is 0 Å². The van der Waals surface area contributed by atoms with E-state index in [-0.39, 0.29) is 35.6 Å². The number of halogens is 3. The highest BCUT2D eigenvalue weighted by molar-refractivity contribution is 7.99. The summed E-state index contributed by atoms with van der Waals surface area (Å²) in [5.74, 6) is 1.09. The van der Waals surface area contributed by atoms with Crippen LogP contribution in [-0.4, -0.2) is 46.0 Å². The number of nitrogens with one attached hydrogen (secondary N) is 1. The molecule has 0 fully saturated rings. The molecule has 3 aromatic rings. The van der Waals surface area contributed by atoms with Crippen molar-refractivity contribution in [2.45, 2.75) is 18.3 Å². The molecule has 0 aliphatic rings. The molecule has 30 heavy (non-hydrogen) atoms. The number of nitrogens with zero attached hydrogens (tertiary/aromatic N) is 3. The Labute approximate surface area is 174 Å². The van der Waals surface area contributed by atoms with E-state index in [1.807, 2.05) is 6.92 Å². The fraction of sp³-hybridized carbons (Fsp3) is 0.316. The summed E-state index contributed by atoms with van der Waals surface area (Å²) in [7, 11) is 0. The second-order valence-electron chi connectivity index (χ2n) is 6.02. The molecule has 0 aliphatic heterocycles. The highest BCUT2D eigenvalue weighted by Crippen LogP contribution is 2.30. The number of pyridine rings is 1. The van der Waals surface area contributed by atoms with Crippen molar-refractivity contribution < 1.29 is 27.4 Å². The molecule has 3 rings (SSSR count). The van der Waals surface area contributed by atoms with Gasteiger partial charge < -0.3 is 14.8 Å². The number of carbonyl (C=O) groups is 1. The molecular weight excluding hydrogens is 421 g/mol. The van der Waals surface area contributed by atoms with Crippen molar-refractivity contribution in [1.29, 1.82) is 0 Å². The minimum absolute atomic E-state index is 0.0138. The third kappa shape index (κ3) is 5.78. The van der Waals surface area contributed by atoms with E-state index in [4.69, 9.17) is 9.47 Å². The molecule has 11 heteroatoms. The summed E-state index contributed by atoms with van der Waals surface area (Å²) in [6.45, 7) is 3.04. The highest BCUT2D eigenvalue weighted by atomic mass is 32.2. The third-order valence-corrected chi connectivity index (χ3v) is 4.80. The van der Waals surface area contributed by atoms with E-state index < -0.39 is 11.7 Å². The van der Waals surface area contributed by atoms with Crippen LogP contribution in [0.15, 0.2) is 47.8 Å². The molecular formula is C19H19F3N4O3S. The summed E-state index contributed by atoms with van der Waals surface area (Å²) in [5.41, 5.74) is -0.540. The van der Waals surface area contributed by atoms with E-state index in [1.165, 1.54) is 10.5 Å². The Bertz CT molecular complexity index is 993. The van der Waals surface area contributed by atoms with Crippen LogP contribution in [0, 0.1) is 0 Å². The Kier molecular flexibility index (Phi) is 7.03. The number of rotatable bonds is 9. The number of hydrogen-bond acceptors (Lipinski definition) is 6. The predicted molar refractivity (Wildman–Crippen MR) is 105 cm³/mol. The quantitative estimate of drug-likeness (QED) is 0.406. The summed E-state index contributed by atoms with van der Waals surface area (Å²) in [5, 5.41) is 10.5. The summed E-state index contributed by atoms with van der Waals surface area (Å²) < 4.78 is 50.7. The molecule has 0 saturated heterocycles. The first-order valence-corrected chi connectivity index (χ1v) is 10.0. The van der Waals surface area contributed by atoms with Crippen LogP contribution < -0.4 is 14.8 Å². The fourth-order valence-electron chi connectivity index (χ4n) is 2.48. The molecule has 160 valence electrons. The first-order chi connectivity index (χ1) is 14.4. The molecule has 0 bridgehead atoms. The van der Waals surface area contributed by atoms with E-state index in [1.54, 1.807) is 24.3 Å². The molecule has 0 radical (unpaired) electrons. The molecule has 0 unspecified atom stereocenters. The number of ether oxygens (including phenoxy) is 2. The number of thioether (sulfide) groups is 1. The molecule has 1 amide bonds. The van der Waals surface area contributed by atoms with Gasteiger partial charge in [-0.2, -0.15) is 13.2 Å². The van der Waals surface area contributed by atoms with Gasteiger partial charge in [0.1, 0.15) is 18.1 Å². The fourth-order valence-corrected chi connectivity index (χ4v) is 3.22. The maximum absolute atomic E-state index is 12.9. The smallest absolute Gasteiger partial charge is 0.417 e. The monoisotopic (exact) mass is 440 g/mol. The number of amides is 1. The van der Waals surface area contributed by atoms with Crippen molar-refractivity contribution in [2.24, 2.45) is 0 Å². The lowest BCUT2D eigenvalue weighted by molar-refractivity contribution is -0.137. The number of fused-ring (bicyclic) bond motifs is 1. The first kappa shape index (κ1) is 21.8. The minimum atomic E-state index is -4.47. The molecule has 0 spiro atoms. The van der Waals surface area contributed by atoms with E-state index in [9.17, 15) is 18.0 Å². The first-order valence-electron chi connectivity index (χ1n) is 9.04. The van der Waals surface area contributed by atoms with Gasteiger partial charge in [0.2, 0.25) is 5.91 Å². The molecule has 2 aromatic heterocycles. The van der Waals surface area contributed by atoms with Crippen LogP contribution in [0.25, 0.3) is 5.65 Å². The van der Waals surface area contributed by atoms with Crippen molar-refractivity contribution >= 4 is 23.3 Å². The van der Waals surface area contributed by atoms with Gasteiger partial charge >= 0.3 is 6.18 Å². The van der Waals surface area contributed by atoms with Gasteiger partial charge in [0.05, 0.1) is 24.5 Å². The van der Waals surface area contributed by atoms with Gasteiger partial charge in [-0.3, -0.25) is 9.20 Å². The molecule has 1 aromatic carbocycles. The zero-order valence-corrected chi connectivity index (χ0v) is 16.8. The van der Waals surface area contributed by atoms with Gasteiger partial charge in [0.15, 0.2) is 10.8 Å². The van der Waals surface area contributed by atoms with Crippen LogP contribution in [-0.2, 0) is 11.0 Å². The number of aromatic nitrogens is 3. The Morgan fingerprint density at radius 1 is 1.10 bits per heavy atom. The maximum atomic E-state index is 12.9. The van der Waals surface area contributed by atoms with E-state index >= 15 is 0 Å². The molecule has 0 aliphatic carbocycles. The molecule has 2 heterocycles. The Morgan fingerprint density at radius 3 is 2.47 bits per heavy atom. The number of alkyl halides is 3. The summed E-state index contributed by atoms with van der Waals surface area (Å²) in [4.78, 5) is 12.0. The Balaban J connectivity index is 1.44. The van der Waals surface area contributed by atoms with Crippen molar-refractivity contribution in [2.75, 3.05) is 25.5 Å². The normalized spacial score (nSPS) is 11.5. The molecule has 0 atom stereocenters. The average Bonchev–Trinajstić information content (AvgIpc) is 3.13. The number of benzene rings is 1. The molecule has 1 N–H and O–H groups in total. The Morgan fingerprint density at radius 2 is 1.80 bits per heavy atom. The van der Waals surface area contributed by atoms with Crippen LogP contribution in [0.3, 0.4) is 0 Å². The minimum Gasteiger partial charge on any atom is -0.494 e. The van der Waals surface area contributed by atoms with E-state index in [0.717, 1.165) is 29.8 Å². The van der Waals surface area contributed by atoms with Crippen LogP contribution in [0.4, 0.5) is 13.2 Å². The average molecular weight is 440 g/mol. The standard InChI is InChI=1S/C19H19F3N4O3S/c1-2-28-14-4-6-15(7-5-14)29-10-9-23-17(27)12-30-18-25-24-16-8-3-13(11-26(16)18)19(20,21)22/h3-8,11H,2,9-10,12H2,1H3,(H,23,27). The maximum Gasteiger partial charge on any atom is 0.417 e. The predicted octanol–water partition coefficient (Wildman–Crippen LogP) is 3.43. The molecule has 7 nitrogen and oxygen atoms in total. The van der Waals surface area contributed by atoms with Crippen molar-refractivity contribution in [3.8, 4) is 11.5 Å². The second kappa shape index (κ2) is 9.70. The second-order valence-corrected chi connectivity index (χ2v) is 6.96. The summed E-state index contributed by atoms with van der Waals surface area (Å²) in [6.07, 6.45) is -3.55. The van der Waals surface area contributed by atoms with Gasteiger partial charge in [-0.15, -0.1) is 10.2 Å². The van der Waals surface area contributed by atoms with Crippen LogP contribution in [0.2, 0.25) is 0 Å². The van der Waals surface area contributed by atoms with Crippen LogP contribution >= 0.6 is 11.8 Å². The topological polar surface area (TPSA) is 77.8 Å². The van der Waals surface area contributed by atoms with Gasteiger partial charge in [-0.05, 0) is 43.3 Å². The number of hydrogen-bond donors (Lipinski definition) is 1. The molecule has 0 saturated carbocycles. The van der Waals surface area contributed by atoms with Crippen molar-refractivity contribution in [3.05, 3.63) is 48.2 Å².